The Morgan fingerprint density at radius 3 is 2.50 bits per heavy atom. The Kier molecular flexibility index (Phi) is 3.86. The Balaban J connectivity index is 1.69. The fourth-order valence-electron chi connectivity index (χ4n) is 4.91. The first-order valence-corrected chi connectivity index (χ1v) is 9.52. The molecule has 1 aliphatic carbocycles. The van der Waals surface area contributed by atoms with Crippen molar-refractivity contribution in [1.82, 2.24) is 0 Å². The number of rotatable bonds is 3. The highest BCUT2D eigenvalue weighted by Gasteiger charge is 2.44. The van der Waals surface area contributed by atoms with Crippen LogP contribution in [0.15, 0.2) is 66.7 Å². The molecule has 28 heavy (non-hydrogen) atoms. The van der Waals surface area contributed by atoms with Crippen LogP contribution in [-0.4, -0.2) is 18.2 Å². The average Bonchev–Trinajstić information content (AvgIpc) is 3.12. The second kappa shape index (κ2) is 6.41. The lowest BCUT2D eigenvalue weighted by molar-refractivity contribution is 0.0697. The summed E-state index contributed by atoms with van der Waals surface area (Å²) in [7, 11) is 1.66. The summed E-state index contributed by atoms with van der Waals surface area (Å²) in [4.78, 5) is 11.9. The Bertz CT molecular complexity index is 1060. The second-order valence-corrected chi connectivity index (χ2v) is 7.51. The van der Waals surface area contributed by atoms with Gasteiger partial charge in [-0.1, -0.05) is 48.5 Å². The molecule has 0 saturated carbocycles. The molecule has 0 bridgehead atoms. The molecule has 0 spiro atoms. The van der Waals surface area contributed by atoms with Crippen LogP contribution in [-0.2, 0) is 6.42 Å². The monoisotopic (exact) mass is 371 g/mol. The number of benzene rings is 3. The lowest BCUT2D eigenvalue weighted by Crippen LogP contribution is -2.31. The zero-order chi connectivity index (χ0) is 19.3. The Morgan fingerprint density at radius 2 is 1.75 bits per heavy atom. The Hall–Kier alpha value is -3.27. The van der Waals surface area contributed by atoms with Crippen LogP contribution in [0.25, 0.3) is 0 Å². The Labute approximate surface area is 163 Å². The molecule has 3 atom stereocenters. The molecular formula is C24H21NO3. The summed E-state index contributed by atoms with van der Waals surface area (Å²) in [5, 5.41) is 13.3. The number of nitrogens with one attached hydrogen (secondary N) is 1. The summed E-state index contributed by atoms with van der Waals surface area (Å²) in [5.41, 5.74) is 5.98. The summed E-state index contributed by atoms with van der Waals surface area (Å²) >= 11 is 0. The van der Waals surface area contributed by atoms with Gasteiger partial charge >= 0.3 is 5.97 Å². The van der Waals surface area contributed by atoms with Crippen LogP contribution < -0.4 is 10.1 Å². The molecule has 3 aromatic rings. The Morgan fingerprint density at radius 1 is 1.00 bits per heavy atom. The maximum atomic E-state index is 11.9. The van der Waals surface area contributed by atoms with Crippen LogP contribution in [0.1, 0.15) is 44.6 Å². The minimum atomic E-state index is -0.900. The molecule has 0 aromatic heterocycles. The van der Waals surface area contributed by atoms with Crippen LogP contribution in [0.3, 0.4) is 0 Å². The highest BCUT2D eigenvalue weighted by atomic mass is 16.5. The van der Waals surface area contributed by atoms with Crippen molar-refractivity contribution >= 4 is 11.7 Å². The maximum Gasteiger partial charge on any atom is 0.337 e. The summed E-state index contributed by atoms with van der Waals surface area (Å²) in [6, 6.07) is 22.3. The second-order valence-electron chi connectivity index (χ2n) is 7.51. The first-order valence-electron chi connectivity index (χ1n) is 9.52. The van der Waals surface area contributed by atoms with Gasteiger partial charge in [0.15, 0.2) is 0 Å². The van der Waals surface area contributed by atoms with Gasteiger partial charge in [0.2, 0.25) is 0 Å². The fraction of sp³-hybridized carbons (Fsp3) is 0.208. The van der Waals surface area contributed by atoms with Gasteiger partial charge < -0.3 is 15.2 Å². The largest absolute Gasteiger partial charge is 0.497 e. The van der Waals surface area contributed by atoms with E-state index in [0.717, 1.165) is 29.0 Å². The minimum Gasteiger partial charge on any atom is -0.497 e. The molecule has 5 rings (SSSR count). The molecular weight excluding hydrogens is 350 g/mol. The van der Waals surface area contributed by atoms with Crippen molar-refractivity contribution in [3.63, 3.8) is 0 Å². The molecule has 3 aromatic carbocycles. The van der Waals surface area contributed by atoms with E-state index in [4.69, 9.17) is 4.74 Å². The van der Waals surface area contributed by atoms with Gasteiger partial charge in [-0.3, -0.25) is 0 Å². The summed E-state index contributed by atoms with van der Waals surface area (Å²) < 4.78 is 5.30. The van der Waals surface area contributed by atoms with E-state index in [-0.39, 0.29) is 12.0 Å². The van der Waals surface area contributed by atoms with Crippen molar-refractivity contribution in [2.24, 2.45) is 5.92 Å². The number of ether oxygens (including phenoxy) is 1. The van der Waals surface area contributed by atoms with Gasteiger partial charge in [-0.2, -0.15) is 0 Å². The normalized spacial score (nSPS) is 21.8. The van der Waals surface area contributed by atoms with Crippen LogP contribution in [0, 0.1) is 5.92 Å². The van der Waals surface area contributed by atoms with Gasteiger partial charge in [-0.05, 0) is 52.8 Å². The zero-order valence-electron chi connectivity index (χ0n) is 15.6. The fourth-order valence-corrected chi connectivity index (χ4v) is 4.91. The highest BCUT2D eigenvalue weighted by Crippen LogP contribution is 2.54. The van der Waals surface area contributed by atoms with Gasteiger partial charge in [0.25, 0.3) is 0 Å². The zero-order valence-corrected chi connectivity index (χ0v) is 15.6. The van der Waals surface area contributed by atoms with Crippen LogP contribution >= 0.6 is 0 Å². The lowest BCUT2D eigenvalue weighted by atomic mass is 9.75. The molecule has 1 heterocycles. The van der Waals surface area contributed by atoms with Gasteiger partial charge in [0.1, 0.15) is 5.75 Å². The van der Waals surface area contributed by atoms with Crippen molar-refractivity contribution in [2.45, 2.75) is 18.4 Å². The highest BCUT2D eigenvalue weighted by molar-refractivity contribution is 5.96. The summed E-state index contributed by atoms with van der Waals surface area (Å²) in [6.07, 6.45) is 0.973. The average molecular weight is 371 g/mol. The van der Waals surface area contributed by atoms with Gasteiger partial charge in [-0.25, -0.2) is 4.79 Å². The first kappa shape index (κ1) is 16.9. The molecule has 2 N–H and O–H groups in total. The predicted octanol–water partition coefficient (Wildman–Crippen LogP) is 4.86. The number of fused-ring (bicyclic) bond motifs is 5. The van der Waals surface area contributed by atoms with E-state index < -0.39 is 5.97 Å². The molecule has 0 amide bonds. The van der Waals surface area contributed by atoms with E-state index in [1.165, 1.54) is 11.1 Å². The molecule has 0 saturated heterocycles. The minimum absolute atomic E-state index is 0.0382. The van der Waals surface area contributed by atoms with E-state index in [1.807, 2.05) is 18.2 Å². The van der Waals surface area contributed by atoms with Gasteiger partial charge in [0.05, 0.1) is 24.4 Å². The number of carboxylic acids is 1. The first-order chi connectivity index (χ1) is 13.7. The quantitative estimate of drug-likeness (QED) is 0.690. The van der Waals surface area contributed by atoms with E-state index >= 15 is 0 Å². The number of anilines is 1. The number of carbonyl (C=O) groups is 1. The van der Waals surface area contributed by atoms with Crippen LogP contribution in [0.4, 0.5) is 5.69 Å². The number of carboxylic acid groups (broad SMARTS) is 1. The van der Waals surface area contributed by atoms with Crippen molar-refractivity contribution in [3.05, 3.63) is 94.5 Å². The lowest BCUT2D eigenvalue weighted by Gasteiger charge is -2.38. The third-order valence-electron chi connectivity index (χ3n) is 6.14. The third kappa shape index (κ3) is 2.48. The van der Waals surface area contributed by atoms with E-state index in [2.05, 4.69) is 47.8 Å². The molecule has 4 nitrogen and oxygen atoms in total. The molecule has 0 unspecified atom stereocenters. The third-order valence-corrected chi connectivity index (χ3v) is 6.14. The SMILES string of the molecule is COc1ccc([C@@H]2Nc3c(C(=O)O)cccc3[C@H]3c4ccccc4C[C@H]32)cc1. The predicted molar refractivity (Wildman–Crippen MR) is 108 cm³/mol. The van der Waals surface area contributed by atoms with Gasteiger partial charge in [0, 0.05) is 5.92 Å². The summed E-state index contributed by atoms with van der Waals surface area (Å²) in [5.74, 6) is 0.446. The number of aromatic carboxylic acids is 1. The van der Waals surface area contributed by atoms with Gasteiger partial charge in [-0.15, -0.1) is 0 Å². The van der Waals surface area contributed by atoms with E-state index in [9.17, 15) is 9.90 Å². The van der Waals surface area contributed by atoms with Crippen molar-refractivity contribution in [2.75, 3.05) is 12.4 Å². The standard InChI is InChI=1S/C24H21NO3/c1-28-16-11-9-14(10-12-16)22-20-13-15-5-2-3-6-17(15)21(20)18-7-4-8-19(24(26)27)23(18)25-22/h2-12,20-22,25H,13H2,1H3,(H,26,27)/t20-,21-,22+/m1/s1. The molecule has 1 aliphatic heterocycles. The van der Waals surface area contributed by atoms with Crippen molar-refractivity contribution in [1.29, 1.82) is 0 Å². The molecule has 140 valence electrons. The topological polar surface area (TPSA) is 58.6 Å². The van der Waals surface area contributed by atoms with Crippen molar-refractivity contribution < 1.29 is 14.6 Å². The van der Waals surface area contributed by atoms with E-state index in [1.54, 1.807) is 13.2 Å². The summed E-state index contributed by atoms with van der Waals surface area (Å²) in [6.45, 7) is 0. The van der Waals surface area contributed by atoms with E-state index in [0.29, 0.717) is 11.5 Å². The smallest absolute Gasteiger partial charge is 0.337 e. The van der Waals surface area contributed by atoms with Crippen molar-refractivity contribution in [3.8, 4) is 5.75 Å². The molecule has 0 fully saturated rings. The number of methoxy groups -OCH3 is 1. The number of hydrogen-bond acceptors (Lipinski definition) is 3. The molecule has 4 heteroatoms. The number of hydrogen-bond donors (Lipinski definition) is 2. The molecule has 0 radical (unpaired) electrons. The maximum absolute atomic E-state index is 11.9. The number of para-hydroxylation sites is 1. The molecule has 2 aliphatic rings. The van der Waals surface area contributed by atoms with Crippen LogP contribution in [0.2, 0.25) is 0 Å². The van der Waals surface area contributed by atoms with Crippen LogP contribution in [0.5, 0.6) is 5.75 Å².